The summed E-state index contributed by atoms with van der Waals surface area (Å²) in [6.07, 6.45) is 6.61. The largest absolute Gasteiger partial charge is 0.461 e. The van der Waals surface area contributed by atoms with Crippen LogP contribution in [0.25, 0.3) is 0 Å². The maximum absolute atomic E-state index is 11.1. The maximum Gasteiger partial charge on any atom is 0.356 e. The molecule has 0 spiro atoms. The van der Waals surface area contributed by atoms with Gasteiger partial charge in [-0.2, -0.15) is 5.10 Å². The van der Waals surface area contributed by atoms with Crippen molar-refractivity contribution in [2.24, 2.45) is 5.10 Å². The summed E-state index contributed by atoms with van der Waals surface area (Å²) in [5.74, 6) is -0.388. The molecule has 0 aromatic heterocycles. The summed E-state index contributed by atoms with van der Waals surface area (Å²) in [5, 5.41) is 3.72. The van der Waals surface area contributed by atoms with E-state index < -0.39 is 0 Å². The Morgan fingerprint density at radius 3 is 3.25 bits per heavy atom. The van der Waals surface area contributed by atoms with E-state index >= 15 is 0 Å². The second-order valence-electron chi connectivity index (χ2n) is 2.08. The highest BCUT2D eigenvalue weighted by Crippen LogP contribution is 1.96. The lowest BCUT2D eigenvalue weighted by Gasteiger charge is -2.03. The summed E-state index contributed by atoms with van der Waals surface area (Å²) in [4.78, 5) is 11.1. The molecule has 0 unspecified atom stereocenters. The van der Waals surface area contributed by atoms with Crippen molar-refractivity contribution in [1.29, 1.82) is 0 Å². The smallest absolute Gasteiger partial charge is 0.356 e. The van der Waals surface area contributed by atoms with E-state index in [1.54, 1.807) is 31.4 Å². The minimum atomic E-state index is -0.388. The third-order valence-electron chi connectivity index (χ3n) is 1.21. The lowest BCUT2D eigenvalue weighted by Crippen LogP contribution is -2.17. The fourth-order valence-electron chi connectivity index (χ4n) is 0.711. The van der Waals surface area contributed by atoms with Gasteiger partial charge in [-0.1, -0.05) is 6.08 Å². The normalized spacial score (nSPS) is 14.6. The summed E-state index contributed by atoms with van der Waals surface area (Å²) in [5.41, 5.74) is 2.91. The molecule has 0 fully saturated rings. The highest BCUT2D eigenvalue weighted by molar-refractivity contribution is 5.89. The molecule has 0 atom stereocenters. The third kappa shape index (κ3) is 2.23. The van der Waals surface area contributed by atoms with Crippen LogP contribution in [0.15, 0.2) is 29.0 Å². The standard InChI is InChI=1S/C8H10N2O2/c1-2-12-8(11)7-5-3-4-6-9-10-7/h3-6,10H,2H2,1H3. The Labute approximate surface area is 70.6 Å². The van der Waals surface area contributed by atoms with E-state index in [0.29, 0.717) is 12.3 Å². The van der Waals surface area contributed by atoms with Crippen LogP contribution in [-0.4, -0.2) is 18.8 Å². The van der Waals surface area contributed by atoms with Gasteiger partial charge in [0.15, 0.2) is 0 Å². The highest BCUT2D eigenvalue weighted by Gasteiger charge is 2.08. The Bertz CT molecular complexity index is 254. The number of hydrazone groups is 1. The van der Waals surface area contributed by atoms with Crippen LogP contribution in [-0.2, 0) is 9.53 Å². The number of hydrogen-bond donors (Lipinski definition) is 1. The van der Waals surface area contributed by atoms with E-state index in [1.807, 2.05) is 0 Å². The number of hydrogen-bond acceptors (Lipinski definition) is 4. The SMILES string of the molecule is CCOC(=O)C1=CC=CC=NN1. The molecular weight excluding hydrogens is 156 g/mol. The average molecular weight is 166 g/mol. The fraction of sp³-hybridized carbons (Fsp3) is 0.250. The number of nitrogens with zero attached hydrogens (tertiary/aromatic N) is 1. The van der Waals surface area contributed by atoms with Crippen LogP contribution in [0.4, 0.5) is 0 Å². The maximum atomic E-state index is 11.1. The van der Waals surface area contributed by atoms with Crippen LogP contribution >= 0.6 is 0 Å². The second kappa shape index (κ2) is 4.33. The van der Waals surface area contributed by atoms with Crippen LogP contribution < -0.4 is 5.43 Å². The first-order chi connectivity index (χ1) is 5.84. The van der Waals surface area contributed by atoms with Crippen LogP contribution in [0.3, 0.4) is 0 Å². The molecule has 1 aliphatic heterocycles. The quantitative estimate of drug-likeness (QED) is 0.610. The minimum Gasteiger partial charge on any atom is -0.461 e. The first-order valence-corrected chi connectivity index (χ1v) is 3.67. The zero-order valence-electron chi connectivity index (χ0n) is 6.78. The van der Waals surface area contributed by atoms with Gasteiger partial charge in [-0.05, 0) is 19.1 Å². The lowest BCUT2D eigenvalue weighted by molar-refractivity contribution is -0.138. The zero-order valence-corrected chi connectivity index (χ0v) is 6.78. The molecule has 1 heterocycles. The predicted molar refractivity (Wildman–Crippen MR) is 45.5 cm³/mol. The van der Waals surface area contributed by atoms with Gasteiger partial charge in [0.05, 0.1) is 6.61 Å². The van der Waals surface area contributed by atoms with Crippen molar-refractivity contribution >= 4 is 12.2 Å². The molecule has 1 rings (SSSR count). The Morgan fingerprint density at radius 1 is 1.67 bits per heavy atom. The molecule has 4 heteroatoms. The van der Waals surface area contributed by atoms with Gasteiger partial charge in [0.2, 0.25) is 0 Å². The van der Waals surface area contributed by atoms with E-state index in [0.717, 1.165) is 0 Å². The summed E-state index contributed by atoms with van der Waals surface area (Å²) >= 11 is 0. The number of rotatable bonds is 2. The topological polar surface area (TPSA) is 50.7 Å². The van der Waals surface area contributed by atoms with E-state index in [4.69, 9.17) is 4.74 Å². The van der Waals surface area contributed by atoms with Gasteiger partial charge >= 0.3 is 5.97 Å². The van der Waals surface area contributed by atoms with Crippen molar-refractivity contribution in [3.63, 3.8) is 0 Å². The Balaban J connectivity index is 2.62. The Hall–Kier alpha value is -1.58. The van der Waals surface area contributed by atoms with E-state index in [-0.39, 0.29) is 5.97 Å². The first-order valence-electron chi connectivity index (χ1n) is 3.67. The number of esters is 1. The summed E-state index contributed by atoms with van der Waals surface area (Å²) in [6, 6.07) is 0. The lowest BCUT2D eigenvalue weighted by atomic mass is 10.4. The van der Waals surface area contributed by atoms with E-state index in [9.17, 15) is 4.79 Å². The average Bonchev–Trinajstić information content (AvgIpc) is 2.32. The third-order valence-corrected chi connectivity index (χ3v) is 1.21. The number of allylic oxidation sites excluding steroid dienone is 3. The molecule has 0 saturated carbocycles. The molecule has 0 bridgehead atoms. The predicted octanol–water partition coefficient (Wildman–Crippen LogP) is 0.579. The number of nitrogens with one attached hydrogen (secondary N) is 1. The molecule has 1 aliphatic rings. The fourth-order valence-corrected chi connectivity index (χ4v) is 0.711. The molecule has 0 saturated heterocycles. The van der Waals surface area contributed by atoms with E-state index in [2.05, 4.69) is 10.5 Å². The molecular formula is C8H10N2O2. The van der Waals surface area contributed by atoms with Gasteiger partial charge in [0.25, 0.3) is 0 Å². The van der Waals surface area contributed by atoms with Crippen molar-refractivity contribution in [3.8, 4) is 0 Å². The monoisotopic (exact) mass is 166 g/mol. The molecule has 12 heavy (non-hydrogen) atoms. The van der Waals surface area contributed by atoms with Crippen molar-refractivity contribution < 1.29 is 9.53 Å². The van der Waals surface area contributed by atoms with Gasteiger partial charge in [-0.25, -0.2) is 4.79 Å². The van der Waals surface area contributed by atoms with Gasteiger partial charge in [-0.15, -0.1) is 0 Å². The van der Waals surface area contributed by atoms with Gasteiger partial charge in [-0.3, -0.25) is 5.43 Å². The van der Waals surface area contributed by atoms with Gasteiger partial charge in [0.1, 0.15) is 5.70 Å². The van der Waals surface area contributed by atoms with Crippen molar-refractivity contribution in [3.05, 3.63) is 23.9 Å². The van der Waals surface area contributed by atoms with Gasteiger partial charge in [0, 0.05) is 6.21 Å². The van der Waals surface area contributed by atoms with Crippen molar-refractivity contribution in [2.45, 2.75) is 6.92 Å². The van der Waals surface area contributed by atoms with Crippen molar-refractivity contribution in [2.75, 3.05) is 6.61 Å². The number of ether oxygens (including phenoxy) is 1. The van der Waals surface area contributed by atoms with E-state index in [1.165, 1.54) is 0 Å². The highest BCUT2D eigenvalue weighted by atomic mass is 16.5. The van der Waals surface area contributed by atoms with Gasteiger partial charge < -0.3 is 4.74 Å². The first kappa shape index (κ1) is 8.52. The summed E-state index contributed by atoms with van der Waals surface area (Å²) in [7, 11) is 0. The molecule has 0 aromatic carbocycles. The molecule has 64 valence electrons. The second-order valence-corrected chi connectivity index (χ2v) is 2.08. The molecule has 0 aromatic rings. The Kier molecular flexibility index (Phi) is 3.07. The summed E-state index contributed by atoms with van der Waals surface area (Å²) in [6.45, 7) is 2.12. The molecule has 0 amide bonds. The van der Waals surface area contributed by atoms with Crippen molar-refractivity contribution in [1.82, 2.24) is 5.43 Å². The summed E-state index contributed by atoms with van der Waals surface area (Å²) < 4.78 is 4.76. The Morgan fingerprint density at radius 2 is 2.50 bits per heavy atom. The zero-order chi connectivity index (χ0) is 8.81. The van der Waals surface area contributed by atoms with Crippen LogP contribution in [0, 0.1) is 0 Å². The molecule has 1 N–H and O–H groups in total. The molecule has 4 nitrogen and oxygen atoms in total. The van der Waals surface area contributed by atoms with Crippen LogP contribution in [0.5, 0.6) is 0 Å². The number of carbonyl (C=O) groups is 1. The van der Waals surface area contributed by atoms with Crippen LogP contribution in [0.1, 0.15) is 6.92 Å². The number of carbonyl (C=O) groups excluding carboxylic acids is 1. The molecule has 0 aliphatic carbocycles. The molecule has 0 radical (unpaired) electrons. The van der Waals surface area contributed by atoms with Crippen LogP contribution in [0.2, 0.25) is 0 Å². The minimum absolute atomic E-state index is 0.349.